The highest BCUT2D eigenvalue weighted by Crippen LogP contribution is 2.21. The molecule has 1 atom stereocenters. The molecule has 2 aromatic carbocycles. The van der Waals surface area contributed by atoms with Gasteiger partial charge in [0.15, 0.2) is 0 Å². The molecule has 0 aliphatic carbocycles. The third-order valence-electron chi connectivity index (χ3n) is 3.53. The van der Waals surface area contributed by atoms with Gasteiger partial charge in [-0.3, -0.25) is 0 Å². The summed E-state index contributed by atoms with van der Waals surface area (Å²) in [7, 11) is 0. The standard InChI is InChI=1S/C17H22N2/c1-12-5-4-6-15(9-12)17(11-18)19-16-8-7-13(2)14(3)10-16/h4-10,17,19H,11,18H2,1-3H3. The van der Waals surface area contributed by atoms with E-state index in [0.29, 0.717) is 6.54 Å². The second kappa shape index (κ2) is 5.89. The van der Waals surface area contributed by atoms with E-state index in [0.717, 1.165) is 5.69 Å². The topological polar surface area (TPSA) is 38.0 Å². The van der Waals surface area contributed by atoms with E-state index in [1.807, 2.05) is 0 Å². The molecule has 3 N–H and O–H groups in total. The first-order valence-electron chi connectivity index (χ1n) is 6.70. The summed E-state index contributed by atoms with van der Waals surface area (Å²) in [6.07, 6.45) is 0. The molecule has 1 unspecified atom stereocenters. The molecule has 2 nitrogen and oxygen atoms in total. The fourth-order valence-corrected chi connectivity index (χ4v) is 2.20. The second-order valence-electron chi connectivity index (χ2n) is 5.15. The average molecular weight is 254 g/mol. The number of aryl methyl sites for hydroxylation is 3. The average Bonchev–Trinajstić information content (AvgIpc) is 2.40. The Morgan fingerprint density at radius 3 is 2.42 bits per heavy atom. The lowest BCUT2D eigenvalue weighted by Gasteiger charge is -2.19. The van der Waals surface area contributed by atoms with E-state index in [4.69, 9.17) is 5.73 Å². The Kier molecular flexibility index (Phi) is 4.23. The van der Waals surface area contributed by atoms with Crippen LogP contribution in [0.1, 0.15) is 28.3 Å². The maximum atomic E-state index is 5.91. The van der Waals surface area contributed by atoms with Crippen LogP contribution < -0.4 is 11.1 Å². The summed E-state index contributed by atoms with van der Waals surface area (Å²) < 4.78 is 0. The normalized spacial score (nSPS) is 12.2. The number of hydrogen-bond acceptors (Lipinski definition) is 2. The summed E-state index contributed by atoms with van der Waals surface area (Å²) in [5.74, 6) is 0. The highest BCUT2D eigenvalue weighted by atomic mass is 14.9. The summed E-state index contributed by atoms with van der Waals surface area (Å²) >= 11 is 0. The highest BCUT2D eigenvalue weighted by Gasteiger charge is 2.09. The molecule has 0 saturated carbocycles. The molecule has 0 fully saturated rings. The molecule has 0 bridgehead atoms. The summed E-state index contributed by atoms with van der Waals surface area (Å²) in [4.78, 5) is 0. The maximum Gasteiger partial charge on any atom is 0.0636 e. The van der Waals surface area contributed by atoms with Crippen molar-refractivity contribution in [2.45, 2.75) is 26.8 Å². The molecular weight excluding hydrogens is 232 g/mol. The molecule has 2 heteroatoms. The van der Waals surface area contributed by atoms with Crippen molar-refractivity contribution in [3.63, 3.8) is 0 Å². The third-order valence-corrected chi connectivity index (χ3v) is 3.53. The van der Waals surface area contributed by atoms with Gasteiger partial charge in [-0.2, -0.15) is 0 Å². The van der Waals surface area contributed by atoms with Gasteiger partial charge < -0.3 is 11.1 Å². The van der Waals surface area contributed by atoms with Crippen molar-refractivity contribution in [1.29, 1.82) is 0 Å². The van der Waals surface area contributed by atoms with Gasteiger partial charge in [0.05, 0.1) is 6.04 Å². The minimum absolute atomic E-state index is 0.155. The lowest BCUT2D eigenvalue weighted by Crippen LogP contribution is -2.20. The molecule has 0 aliphatic rings. The number of hydrogen-bond donors (Lipinski definition) is 2. The van der Waals surface area contributed by atoms with Crippen LogP contribution in [0.3, 0.4) is 0 Å². The zero-order chi connectivity index (χ0) is 13.8. The number of nitrogens with two attached hydrogens (primary N) is 1. The summed E-state index contributed by atoms with van der Waals surface area (Å²) in [5, 5.41) is 3.52. The van der Waals surface area contributed by atoms with Crippen LogP contribution in [0.15, 0.2) is 42.5 Å². The SMILES string of the molecule is Cc1cccc(C(CN)Nc2ccc(C)c(C)c2)c1. The zero-order valence-corrected chi connectivity index (χ0v) is 11.9. The molecule has 0 amide bonds. The Morgan fingerprint density at radius 2 is 1.79 bits per heavy atom. The Morgan fingerprint density at radius 1 is 1.00 bits per heavy atom. The number of rotatable bonds is 4. The van der Waals surface area contributed by atoms with Gasteiger partial charge in [-0.1, -0.05) is 35.9 Å². The van der Waals surface area contributed by atoms with Crippen molar-refractivity contribution in [2.24, 2.45) is 5.73 Å². The van der Waals surface area contributed by atoms with E-state index in [1.54, 1.807) is 0 Å². The first-order valence-corrected chi connectivity index (χ1v) is 6.70. The molecule has 0 saturated heterocycles. The van der Waals surface area contributed by atoms with Crippen LogP contribution in [0, 0.1) is 20.8 Å². The quantitative estimate of drug-likeness (QED) is 0.872. The zero-order valence-electron chi connectivity index (χ0n) is 11.9. The summed E-state index contributed by atoms with van der Waals surface area (Å²) in [5.41, 5.74) is 12.1. The molecule has 2 aromatic rings. The fourth-order valence-electron chi connectivity index (χ4n) is 2.20. The molecule has 19 heavy (non-hydrogen) atoms. The van der Waals surface area contributed by atoms with E-state index in [9.17, 15) is 0 Å². The van der Waals surface area contributed by atoms with E-state index in [-0.39, 0.29) is 6.04 Å². The Labute approximate surface area is 115 Å². The van der Waals surface area contributed by atoms with Crippen molar-refractivity contribution >= 4 is 5.69 Å². The molecule has 0 aliphatic heterocycles. The van der Waals surface area contributed by atoms with Gasteiger partial charge in [-0.05, 0) is 49.6 Å². The van der Waals surface area contributed by atoms with Gasteiger partial charge in [-0.15, -0.1) is 0 Å². The van der Waals surface area contributed by atoms with Gasteiger partial charge in [0.1, 0.15) is 0 Å². The van der Waals surface area contributed by atoms with Gasteiger partial charge in [-0.25, -0.2) is 0 Å². The monoisotopic (exact) mass is 254 g/mol. The van der Waals surface area contributed by atoms with E-state index < -0.39 is 0 Å². The smallest absolute Gasteiger partial charge is 0.0636 e. The lowest BCUT2D eigenvalue weighted by atomic mass is 10.0. The van der Waals surface area contributed by atoms with Crippen molar-refractivity contribution in [2.75, 3.05) is 11.9 Å². The molecule has 0 radical (unpaired) electrons. The molecule has 100 valence electrons. The molecular formula is C17H22N2. The fraction of sp³-hybridized carbons (Fsp3) is 0.294. The summed E-state index contributed by atoms with van der Waals surface area (Å²) in [6, 6.07) is 15.1. The van der Waals surface area contributed by atoms with Crippen LogP contribution in [0.25, 0.3) is 0 Å². The minimum atomic E-state index is 0.155. The number of benzene rings is 2. The van der Waals surface area contributed by atoms with E-state index in [1.165, 1.54) is 22.3 Å². The van der Waals surface area contributed by atoms with E-state index in [2.05, 4.69) is 68.6 Å². The van der Waals surface area contributed by atoms with Crippen molar-refractivity contribution in [1.82, 2.24) is 0 Å². The van der Waals surface area contributed by atoms with Crippen LogP contribution in [0.4, 0.5) is 5.69 Å². The number of nitrogens with one attached hydrogen (secondary N) is 1. The Hall–Kier alpha value is -1.80. The van der Waals surface area contributed by atoms with Crippen molar-refractivity contribution in [3.8, 4) is 0 Å². The molecule has 0 aromatic heterocycles. The molecule has 2 rings (SSSR count). The maximum absolute atomic E-state index is 5.91. The minimum Gasteiger partial charge on any atom is -0.377 e. The van der Waals surface area contributed by atoms with Crippen LogP contribution in [-0.4, -0.2) is 6.54 Å². The van der Waals surface area contributed by atoms with Crippen LogP contribution in [0.5, 0.6) is 0 Å². The Bertz CT molecular complexity index is 561. The Balaban J connectivity index is 2.21. The highest BCUT2D eigenvalue weighted by molar-refractivity contribution is 5.50. The molecule has 0 spiro atoms. The largest absolute Gasteiger partial charge is 0.377 e. The van der Waals surface area contributed by atoms with Crippen LogP contribution >= 0.6 is 0 Å². The van der Waals surface area contributed by atoms with E-state index >= 15 is 0 Å². The third kappa shape index (κ3) is 3.36. The van der Waals surface area contributed by atoms with Gasteiger partial charge in [0, 0.05) is 12.2 Å². The first-order chi connectivity index (χ1) is 9.10. The second-order valence-corrected chi connectivity index (χ2v) is 5.15. The number of anilines is 1. The van der Waals surface area contributed by atoms with Crippen molar-refractivity contribution < 1.29 is 0 Å². The van der Waals surface area contributed by atoms with Crippen LogP contribution in [0.2, 0.25) is 0 Å². The lowest BCUT2D eigenvalue weighted by molar-refractivity contribution is 0.789. The molecule has 0 heterocycles. The predicted octanol–water partition coefficient (Wildman–Crippen LogP) is 3.72. The summed E-state index contributed by atoms with van der Waals surface area (Å²) in [6.45, 7) is 6.94. The van der Waals surface area contributed by atoms with Crippen LogP contribution in [-0.2, 0) is 0 Å². The van der Waals surface area contributed by atoms with Gasteiger partial charge in [0.2, 0.25) is 0 Å². The van der Waals surface area contributed by atoms with Gasteiger partial charge in [0.25, 0.3) is 0 Å². The van der Waals surface area contributed by atoms with Gasteiger partial charge >= 0.3 is 0 Å². The first kappa shape index (κ1) is 13.6. The van der Waals surface area contributed by atoms with Crippen molar-refractivity contribution in [3.05, 3.63) is 64.7 Å². The predicted molar refractivity (Wildman–Crippen MR) is 82.5 cm³/mol.